The third kappa shape index (κ3) is 6.06. The third-order valence-corrected chi connectivity index (χ3v) is 5.29. The van der Waals surface area contributed by atoms with Gasteiger partial charge in [-0.3, -0.25) is 14.9 Å². The van der Waals surface area contributed by atoms with Crippen molar-refractivity contribution in [2.75, 3.05) is 18.5 Å². The largest absolute Gasteiger partial charge is 0.492 e. The Labute approximate surface area is 169 Å². The summed E-state index contributed by atoms with van der Waals surface area (Å²) in [5.41, 5.74) is 0.609. The molecule has 0 fully saturated rings. The maximum absolute atomic E-state index is 12.0. The molecule has 3 aromatic rings. The summed E-state index contributed by atoms with van der Waals surface area (Å²) in [5, 5.41) is 10.2. The number of amides is 2. The van der Waals surface area contributed by atoms with Gasteiger partial charge in [0.15, 0.2) is 5.13 Å². The average molecular weight is 422 g/mol. The van der Waals surface area contributed by atoms with Crippen molar-refractivity contribution in [3.8, 4) is 5.75 Å². The lowest BCUT2D eigenvalue weighted by atomic mass is 10.3. The van der Waals surface area contributed by atoms with Crippen LogP contribution in [0.25, 0.3) is 0 Å². The number of benzene rings is 1. The van der Waals surface area contributed by atoms with Gasteiger partial charge in [0.2, 0.25) is 5.91 Å². The van der Waals surface area contributed by atoms with Crippen LogP contribution in [0.1, 0.15) is 15.4 Å². The molecule has 0 saturated carbocycles. The molecule has 2 amide bonds. The van der Waals surface area contributed by atoms with Gasteiger partial charge in [-0.2, -0.15) is 0 Å². The van der Waals surface area contributed by atoms with Crippen LogP contribution >= 0.6 is 34.3 Å². The number of rotatable bonds is 8. The van der Waals surface area contributed by atoms with E-state index in [4.69, 9.17) is 16.3 Å². The molecule has 6 nitrogen and oxygen atoms in total. The SMILES string of the molecule is O=C(Cc1csc(NC(=O)c2cccs2)n1)NCCOc1ccc(Cl)cc1. The minimum atomic E-state index is -0.199. The molecule has 0 bridgehead atoms. The number of thiophene rings is 1. The van der Waals surface area contributed by atoms with Gasteiger partial charge in [0, 0.05) is 10.4 Å². The van der Waals surface area contributed by atoms with E-state index in [1.54, 1.807) is 35.7 Å². The first-order valence-corrected chi connectivity index (χ1v) is 10.2. The first-order chi connectivity index (χ1) is 13.1. The van der Waals surface area contributed by atoms with E-state index < -0.39 is 0 Å². The summed E-state index contributed by atoms with van der Waals surface area (Å²) in [6.45, 7) is 0.736. The van der Waals surface area contributed by atoms with Crippen molar-refractivity contribution in [3.63, 3.8) is 0 Å². The summed E-state index contributed by atoms with van der Waals surface area (Å²) >= 11 is 8.46. The van der Waals surface area contributed by atoms with E-state index in [1.807, 2.05) is 11.4 Å². The molecule has 0 radical (unpaired) electrons. The Bertz CT molecular complexity index is 895. The summed E-state index contributed by atoms with van der Waals surface area (Å²) in [6.07, 6.45) is 0.145. The number of anilines is 1. The van der Waals surface area contributed by atoms with Gasteiger partial charge in [0.1, 0.15) is 12.4 Å². The second kappa shape index (κ2) is 9.50. The van der Waals surface area contributed by atoms with Crippen molar-refractivity contribution in [3.05, 3.63) is 62.8 Å². The number of carbonyl (C=O) groups excluding carboxylic acids is 2. The molecular formula is C18H16ClN3O3S2. The summed E-state index contributed by atoms with van der Waals surface area (Å²) < 4.78 is 5.51. The van der Waals surface area contributed by atoms with Crippen molar-refractivity contribution in [1.29, 1.82) is 0 Å². The average Bonchev–Trinajstić information content (AvgIpc) is 3.32. The van der Waals surface area contributed by atoms with Crippen LogP contribution < -0.4 is 15.4 Å². The number of hydrogen-bond acceptors (Lipinski definition) is 6. The van der Waals surface area contributed by atoms with E-state index in [0.717, 1.165) is 0 Å². The number of halogens is 1. The molecule has 2 aromatic heterocycles. The fraction of sp³-hybridized carbons (Fsp3) is 0.167. The maximum atomic E-state index is 12.0. The summed E-state index contributed by atoms with van der Waals surface area (Å²) in [6, 6.07) is 10.6. The fourth-order valence-electron chi connectivity index (χ4n) is 2.13. The van der Waals surface area contributed by atoms with Crippen LogP contribution in [0.2, 0.25) is 5.02 Å². The number of hydrogen-bond donors (Lipinski definition) is 2. The summed E-state index contributed by atoms with van der Waals surface area (Å²) in [4.78, 5) is 28.9. The molecule has 0 aliphatic rings. The zero-order valence-electron chi connectivity index (χ0n) is 14.1. The zero-order chi connectivity index (χ0) is 19.1. The quantitative estimate of drug-likeness (QED) is 0.541. The maximum Gasteiger partial charge on any atom is 0.267 e. The third-order valence-electron chi connectivity index (χ3n) is 3.37. The number of thiazole rings is 1. The Balaban J connectivity index is 1.38. The van der Waals surface area contributed by atoms with Crippen LogP contribution in [0.15, 0.2) is 47.2 Å². The molecule has 9 heteroatoms. The van der Waals surface area contributed by atoms with Crippen molar-refractivity contribution in [1.82, 2.24) is 10.3 Å². The summed E-state index contributed by atoms with van der Waals surface area (Å²) in [7, 11) is 0. The topological polar surface area (TPSA) is 80.3 Å². The molecule has 0 unspecified atom stereocenters. The number of ether oxygens (including phenoxy) is 1. The lowest BCUT2D eigenvalue weighted by Gasteiger charge is -2.07. The van der Waals surface area contributed by atoms with E-state index in [1.165, 1.54) is 22.7 Å². The number of aromatic nitrogens is 1. The highest BCUT2D eigenvalue weighted by atomic mass is 35.5. The van der Waals surface area contributed by atoms with Gasteiger partial charge in [0.05, 0.1) is 23.5 Å². The lowest BCUT2D eigenvalue weighted by molar-refractivity contribution is -0.120. The second-order valence-electron chi connectivity index (χ2n) is 5.40. The van der Waals surface area contributed by atoms with E-state index in [2.05, 4.69) is 15.6 Å². The molecule has 0 spiro atoms. The van der Waals surface area contributed by atoms with Gasteiger partial charge in [-0.1, -0.05) is 17.7 Å². The molecule has 2 N–H and O–H groups in total. The molecule has 0 aliphatic carbocycles. The number of carbonyl (C=O) groups is 2. The van der Waals surface area contributed by atoms with Crippen LogP contribution in [0.3, 0.4) is 0 Å². The molecular weight excluding hydrogens is 406 g/mol. The van der Waals surface area contributed by atoms with E-state index in [-0.39, 0.29) is 18.2 Å². The predicted molar refractivity (Wildman–Crippen MR) is 108 cm³/mol. The number of nitrogens with one attached hydrogen (secondary N) is 2. The van der Waals surface area contributed by atoms with Crippen molar-refractivity contribution in [2.24, 2.45) is 0 Å². The Morgan fingerprint density at radius 1 is 1.15 bits per heavy atom. The monoisotopic (exact) mass is 421 g/mol. The highest BCUT2D eigenvalue weighted by molar-refractivity contribution is 7.14. The van der Waals surface area contributed by atoms with Crippen LogP contribution in [0.4, 0.5) is 5.13 Å². The van der Waals surface area contributed by atoms with Crippen molar-refractivity contribution >= 4 is 51.2 Å². The zero-order valence-corrected chi connectivity index (χ0v) is 16.5. The van der Waals surface area contributed by atoms with Gasteiger partial charge in [-0.05, 0) is 35.7 Å². The van der Waals surface area contributed by atoms with Gasteiger partial charge in [-0.15, -0.1) is 22.7 Å². The van der Waals surface area contributed by atoms with Crippen molar-refractivity contribution in [2.45, 2.75) is 6.42 Å². The molecule has 0 aliphatic heterocycles. The van der Waals surface area contributed by atoms with E-state index in [0.29, 0.717) is 39.6 Å². The lowest BCUT2D eigenvalue weighted by Crippen LogP contribution is -2.29. The fourth-order valence-corrected chi connectivity index (χ4v) is 3.58. The van der Waals surface area contributed by atoms with Crippen LogP contribution in [-0.2, 0) is 11.2 Å². The van der Waals surface area contributed by atoms with Crippen LogP contribution in [0.5, 0.6) is 5.75 Å². The van der Waals surface area contributed by atoms with Gasteiger partial charge >= 0.3 is 0 Å². The highest BCUT2D eigenvalue weighted by Gasteiger charge is 2.11. The highest BCUT2D eigenvalue weighted by Crippen LogP contribution is 2.18. The Kier molecular flexibility index (Phi) is 6.80. The normalized spacial score (nSPS) is 10.4. The summed E-state index contributed by atoms with van der Waals surface area (Å²) in [5.74, 6) is 0.338. The first-order valence-electron chi connectivity index (χ1n) is 8.04. The number of nitrogens with zero attached hydrogens (tertiary/aromatic N) is 1. The molecule has 140 valence electrons. The second-order valence-corrected chi connectivity index (χ2v) is 7.65. The molecule has 27 heavy (non-hydrogen) atoms. The minimum Gasteiger partial charge on any atom is -0.492 e. The van der Waals surface area contributed by atoms with Gasteiger partial charge in [-0.25, -0.2) is 4.98 Å². The van der Waals surface area contributed by atoms with E-state index >= 15 is 0 Å². The van der Waals surface area contributed by atoms with Crippen LogP contribution in [-0.4, -0.2) is 29.9 Å². The molecule has 0 saturated heterocycles. The van der Waals surface area contributed by atoms with Gasteiger partial charge < -0.3 is 10.1 Å². The predicted octanol–water partition coefficient (Wildman–Crippen LogP) is 3.85. The van der Waals surface area contributed by atoms with Crippen LogP contribution in [0, 0.1) is 0 Å². The molecule has 3 rings (SSSR count). The molecule has 1 aromatic carbocycles. The smallest absolute Gasteiger partial charge is 0.267 e. The Morgan fingerprint density at radius 3 is 2.70 bits per heavy atom. The minimum absolute atomic E-state index is 0.145. The Hall–Kier alpha value is -2.42. The van der Waals surface area contributed by atoms with Crippen molar-refractivity contribution < 1.29 is 14.3 Å². The first kappa shape index (κ1) is 19.3. The Morgan fingerprint density at radius 2 is 1.96 bits per heavy atom. The van der Waals surface area contributed by atoms with E-state index in [9.17, 15) is 9.59 Å². The molecule has 2 heterocycles. The van der Waals surface area contributed by atoms with Gasteiger partial charge in [0.25, 0.3) is 5.91 Å². The molecule has 0 atom stereocenters. The standard InChI is InChI=1S/C18H16ClN3O3S2/c19-12-3-5-14(6-4-12)25-8-7-20-16(23)10-13-11-27-18(21-13)22-17(24)15-2-1-9-26-15/h1-6,9,11H,7-8,10H2,(H,20,23)(H,21,22,24).